The number of amides is 1. The number of carbonyl (C=O) groups is 1. The van der Waals surface area contributed by atoms with Crippen molar-refractivity contribution in [1.29, 1.82) is 0 Å². The fourth-order valence-corrected chi connectivity index (χ4v) is 3.63. The molecule has 6 nitrogen and oxygen atoms in total. The smallest absolute Gasteiger partial charge is 0.224 e. The summed E-state index contributed by atoms with van der Waals surface area (Å²) in [6.07, 6.45) is 1.08. The lowest BCUT2D eigenvalue weighted by molar-refractivity contribution is -0.120. The van der Waals surface area contributed by atoms with Crippen molar-refractivity contribution in [3.63, 3.8) is 0 Å². The number of methoxy groups -OCH3 is 1. The van der Waals surface area contributed by atoms with Gasteiger partial charge in [0.05, 0.1) is 31.5 Å². The van der Waals surface area contributed by atoms with Crippen molar-refractivity contribution in [2.24, 2.45) is 0 Å². The van der Waals surface area contributed by atoms with Crippen LogP contribution in [0.15, 0.2) is 18.2 Å². The number of benzene rings is 1. The minimum atomic E-state index is -0.104. The summed E-state index contributed by atoms with van der Waals surface area (Å²) in [7, 11) is 1.58. The van der Waals surface area contributed by atoms with Gasteiger partial charge < -0.3 is 10.1 Å². The first-order valence-corrected chi connectivity index (χ1v) is 9.14. The molecule has 8 heteroatoms. The van der Waals surface area contributed by atoms with Crippen LogP contribution in [-0.4, -0.2) is 27.6 Å². The molecular weight excluding hydrogens is 360 g/mol. The summed E-state index contributed by atoms with van der Waals surface area (Å²) in [6, 6.07) is 5.30. The monoisotopic (exact) mass is 378 g/mol. The van der Waals surface area contributed by atoms with E-state index < -0.39 is 0 Å². The molecule has 25 heavy (non-hydrogen) atoms. The number of aromatic nitrogens is 3. The molecule has 0 saturated heterocycles. The number of halogens is 1. The topological polar surface area (TPSA) is 68.5 Å². The zero-order valence-corrected chi connectivity index (χ0v) is 15.9. The van der Waals surface area contributed by atoms with Crippen molar-refractivity contribution in [2.45, 2.75) is 33.2 Å². The first-order chi connectivity index (χ1) is 12.0. The fourth-order valence-electron chi connectivity index (χ4n) is 2.49. The van der Waals surface area contributed by atoms with Gasteiger partial charge in [0.15, 0.2) is 0 Å². The highest BCUT2D eigenvalue weighted by atomic mass is 35.5. The van der Waals surface area contributed by atoms with Crippen molar-refractivity contribution in [3.8, 4) is 5.75 Å². The second-order valence-electron chi connectivity index (χ2n) is 5.60. The molecule has 0 aliphatic heterocycles. The minimum absolute atomic E-state index is 0.104. The molecule has 0 unspecified atom stereocenters. The molecule has 1 N–H and O–H groups in total. The van der Waals surface area contributed by atoms with Gasteiger partial charge in [0, 0.05) is 5.02 Å². The number of rotatable bonds is 6. The van der Waals surface area contributed by atoms with Gasteiger partial charge in [-0.15, -0.1) is 0 Å². The summed E-state index contributed by atoms with van der Waals surface area (Å²) in [5, 5.41) is 9.00. The van der Waals surface area contributed by atoms with E-state index in [1.54, 1.807) is 36.6 Å². The molecule has 0 atom stereocenters. The summed E-state index contributed by atoms with van der Waals surface area (Å²) < 4.78 is 6.93. The van der Waals surface area contributed by atoms with Crippen LogP contribution < -0.4 is 10.1 Å². The molecule has 0 aliphatic carbocycles. The van der Waals surface area contributed by atoms with E-state index in [0.29, 0.717) is 17.3 Å². The first-order valence-electron chi connectivity index (χ1n) is 7.94. The van der Waals surface area contributed by atoms with E-state index in [0.717, 1.165) is 33.3 Å². The lowest BCUT2D eigenvalue weighted by atomic mass is 10.1. The normalized spacial score (nSPS) is 11.0. The summed E-state index contributed by atoms with van der Waals surface area (Å²) >= 11 is 7.76. The van der Waals surface area contributed by atoms with E-state index in [9.17, 15) is 4.79 Å². The van der Waals surface area contributed by atoms with Crippen LogP contribution in [0, 0.1) is 6.92 Å². The Bertz CT molecular complexity index is 919. The molecule has 0 saturated carbocycles. The maximum absolute atomic E-state index is 12.3. The van der Waals surface area contributed by atoms with Crippen LogP contribution in [0.2, 0.25) is 5.02 Å². The Hall–Kier alpha value is -2.12. The first kappa shape index (κ1) is 17.7. The number of aryl methyl sites for hydroxylation is 2. The van der Waals surface area contributed by atoms with Crippen molar-refractivity contribution >= 4 is 33.8 Å². The van der Waals surface area contributed by atoms with Gasteiger partial charge in [-0.3, -0.25) is 4.79 Å². The average molecular weight is 379 g/mol. The summed E-state index contributed by atoms with van der Waals surface area (Å²) in [6.45, 7) is 4.37. The average Bonchev–Trinajstić information content (AvgIpc) is 3.11. The Labute approximate surface area is 154 Å². The standard InChI is InChI=1S/C17H19ClN4O2S/c1-4-16-21-22-14(10(2)20-17(22)25-16)9-19-15(23)7-11-5-6-12(24-3)8-13(11)18/h5-6,8H,4,7,9H2,1-3H3,(H,19,23). The molecule has 0 aliphatic rings. The van der Waals surface area contributed by atoms with Crippen LogP contribution in [0.5, 0.6) is 5.75 Å². The number of nitrogens with zero attached hydrogens (tertiary/aromatic N) is 3. The maximum atomic E-state index is 12.3. The molecule has 2 aromatic heterocycles. The Kier molecular flexibility index (Phi) is 5.24. The Balaban J connectivity index is 1.68. The van der Waals surface area contributed by atoms with E-state index >= 15 is 0 Å². The van der Waals surface area contributed by atoms with E-state index in [1.807, 2.05) is 11.4 Å². The van der Waals surface area contributed by atoms with Crippen LogP contribution in [-0.2, 0) is 24.2 Å². The molecule has 2 heterocycles. The van der Waals surface area contributed by atoms with Gasteiger partial charge in [-0.2, -0.15) is 5.10 Å². The van der Waals surface area contributed by atoms with Gasteiger partial charge in [-0.05, 0) is 31.0 Å². The molecule has 1 amide bonds. The lowest BCUT2D eigenvalue weighted by Crippen LogP contribution is -2.25. The van der Waals surface area contributed by atoms with Crippen molar-refractivity contribution in [2.75, 3.05) is 7.11 Å². The second-order valence-corrected chi connectivity index (χ2v) is 7.05. The van der Waals surface area contributed by atoms with Gasteiger partial charge in [0.1, 0.15) is 10.8 Å². The Morgan fingerprint density at radius 1 is 1.44 bits per heavy atom. The zero-order valence-electron chi connectivity index (χ0n) is 14.3. The number of ether oxygens (including phenoxy) is 1. The molecule has 3 aromatic rings. The van der Waals surface area contributed by atoms with Crippen LogP contribution in [0.1, 0.15) is 28.9 Å². The summed E-state index contributed by atoms with van der Waals surface area (Å²) in [5.74, 6) is 0.564. The highest BCUT2D eigenvalue weighted by Crippen LogP contribution is 2.23. The van der Waals surface area contributed by atoms with E-state index in [2.05, 4.69) is 22.3 Å². The summed E-state index contributed by atoms with van der Waals surface area (Å²) in [5.41, 5.74) is 2.54. The van der Waals surface area contributed by atoms with Crippen molar-refractivity contribution < 1.29 is 9.53 Å². The van der Waals surface area contributed by atoms with Crippen molar-refractivity contribution in [3.05, 3.63) is 45.2 Å². The predicted octanol–water partition coefficient (Wildman–Crippen LogP) is 3.18. The second kappa shape index (κ2) is 7.41. The predicted molar refractivity (Wildman–Crippen MR) is 98.5 cm³/mol. The molecule has 0 radical (unpaired) electrons. The number of carbonyl (C=O) groups excluding carboxylic acids is 1. The third-order valence-electron chi connectivity index (χ3n) is 3.91. The van der Waals surface area contributed by atoms with E-state index in [1.165, 1.54) is 0 Å². The SMILES string of the molecule is CCc1nn2c(CNC(=O)Cc3ccc(OC)cc3Cl)c(C)nc2s1. The van der Waals surface area contributed by atoms with Crippen LogP contribution >= 0.6 is 22.9 Å². The van der Waals surface area contributed by atoms with Crippen LogP contribution in [0.3, 0.4) is 0 Å². The number of nitrogens with one attached hydrogen (secondary N) is 1. The highest BCUT2D eigenvalue weighted by molar-refractivity contribution is 7.16. The summed E-state index contributed by atoms with van der Waals surface area (Å²) in [4.78, 5) is 17.6. The Morgan fingerprint density at radius 2 is 2.24 bits per heavy atom. The third kappa shape index (κ3) is 3.77. The highest BCUT2D eigenvalue weighted by Gasteiger charge is 2.15. The fraction of sp³-hybridized carbons (Fsp3) is 0.353. The number of fused-ring (bicyclic) bond motifs is 1. The lowest BCUT2D eigenvalue weighted by Gasteiger charge is -2.08. The number of imidazole rings is 1. The van der Waals surface area contributed by atoms with E-state index in [4.69, 9.17) is 16.3 Å². The number of hydrogen-bond donors (Lipinski definition) is 1. The van der Waals surface area contributed by atoms with E-state index in [-0.39, 0.29) is 12.3 Å². The van der Waals surface area contributed by atoms with Crippen molar-refractivity contribution in [1.82, 2.24) is 19.9 Å². The molecule has 0 fully saturated rings. The molecule has 0 bridgehead atoms. The minimum Gasteiger partial charge on any atom is -0.497 e. The molecule has 3 rings (SSSR count). The van der Waals surface area contributed by atoms with Gasteiger partial charge in [0.25, 0.3) is 0 Å². The van der Waals surface area contributed by atoms with Crippen LogP contribution in [0.25, 0.3) is 4.96 Å². The van der Waals surface area contributed by atoms with Crippen LogP contribution in [0.4, 0.5) is 0 Å². The van der Waals surface area contributed by atoms with Gasteiger partial charge in [-0.25, -0.2) is 9.50 Å². The molecular formula is C17H19ClN4O2S. The van der Waals surface area contributed by atoms with Gasteiger partial charge in [-0.1, -0.05) is 35.9 Å². The third-order valence-corrected chi connectivity index (χ3v) is 5.31. The molecule has 1 aromatic carbocycles. The van der Waals surface area contributed by atoms with Gasteiger partial charge >= 0.3 is 0 Å². The largest absolute Gasteiger partial charge is 0.497 e. The maximum Gasteiger partial charge on any atom is 0.224 e. The van der Waals surface area contributed by atoms with Gasteiger partial charge in [0.2, 0.25) is 10.9 Å². The molecule has 132 valence electrons. The quantitative estimate of drug-likeness (QED) is 0.715. The Morgan fingerprint density at radius 3 is 2.92 bits per heavy atom. The number of hydrogen-bond acceptors (Lipinski definition) is 5. The zero-order chi connectivity index (χ0) is 18.0. The molecule has 0 spiro atoms.